The van der Waals surface area contributed by atoms with Crippen LogP contribution in [-0.2, 0) is 14.3 Å². The van der Waals surface area contributed by atoms with Gasteiger partial charge in [0.1, 0.15) is 24.4 Å². The predicted octanol–water partition coefficient (Wildman–Crippen LogP) is -5.00. The molecule has 2 aliphatic carbocycles. The molecule has 0 aromatic rings. The van der Waals surface area contributed by atoms with Crippen LogP contribution in [0.25, 0.3) is 0 Å². The van der Waals surface area contributed by atoms with Gasteiger partial charge in [-0.1, -0.05) is 25.3 Å². The van der Waals surface area contributed by atoms with Crippen LogP contribution in [0.5, 0.6) is 0 Å². The number of aliphatic hydroxyl groups is 5. The van der Waals surface area contributed by atoms with Crippen molar-refractivity contribution in [2.24, 2.45) is 17.8 Å². The Morgan fingerprint density at radius 2 is 1.74 bits per heavy atom. The van der Waals surface area contributed by atoms with E-state index in [1.807, 2.05) is 0 Å². The molecule has 1 saturated heterocycles. The minimum absolute atomic E-state index is 0. The zero-order valence-electron chi connectivity index (χ0n) is 17.6. The number of fused-ring (bicyclic) bond motifs is 1. The van der Waals surface area contributed by atoms with E-state index in [0.29, 0.717) is 12.0 Å². The molecule has 3 aliphatic rings. The summed E-state index contributed by atoms with van der Waals surface area (Å²) in [4.78, 5) is 11.3. The zero-order valence-corrected chi connectivity index (χ0v) is 19.6. The first-order valence-electron chi connectivity index (χ1n) is 9.97. The third-order valence-electron chi connectivity index (χ3n) is 6.67. The minimum Gasteiger partial charge on any atom is -0.545 e. The maximum absolute atomic E-state index is 11.3. The maximum Gasteiger partial charge on any atom is 1.00 e. The molecule has 3 rings (SSSR count). The van der Waals surface area contributed by atoms with E-state index in [2.05, 4.69) is 19.7 Å². The van der Waals surface area contributed by atoms with Crippen molar-refractivity contribution in [3.63, 3.8) is 0 Å². The molecule has 0 aromatic carbocycles. The second kappa shape index (κ2) is 10.6. The number of ether oxygens (including phenoxy) is 2. The summed E-state index contributed by atoms with van der Waals surface area (Å²) in [7, 11) is 0. The van der Waals surface area contributed by atoms with Gasteiger partial charge in [-0.15, -0.1) is 0 Å². The van der Waals surface area contributed by atoms with Gasteiger partial charge in [0.15, 0.2) is 6.29 Å². The molecule has 10 heteroatoms. The third-order valence-corrected chi connectivity index (χ3v) is 6.67. The molecule has 5 N–H and O–H groups in total. The first-order valence-corrected chi connectivity index (χ1v) is 9.97. The SMILES string of the molecule is C=C(C(=O)[O-])[C@H]1C[C@H]2C(=C)[C@@H](O[C@@H]3O[C@H](CO)[C@@H](O)[C@H](O)[C@H]3O)C[C@H]2C(=C)C[C@@H]1O.[Na+]. The van der Waals surface area contributed by atoms with Crippen molar-refractivity contribution in [1.82, 2.24) is 0 Å². The Labute approximate surface area is 203 Å². The van der Waals surface area contributed by atoms with Crippen molar-refractivity contribution in [1.29, 1.82) is 0 Å². The van der Waals surface area contributed by atoms with Crippen molar-refractivity contribution in [2.75, 3.05) is 6.61 Å². The number of hydrogen-bond acceptors (Lipinski definition) is 9. The minimum atomic E-state index is -1.55. The molecule has 9 nitrogen and oxygen atoms in total. The summed E-state index contributed by atoms with van der Waals surface area (Å²) in [6.45, 7) is 11.1. The second-order valence-corrected chi connectivity index (χ2v) is 8.43. The van der Waals surface area contributed by atoms with Gasteiger partial charge in [-0.2, -0.15) is 0 Å². The smallest absolute Gasteiger partial charge is 0.545 e. The molecule has 1 aliphatic heterocycles. The number of carbonyl (C=O) groups excluding carboxylic acids is 1. The Kier molecular flexibility index (Phi) is 9.08. The third kappa shape index (κ3) is 5.16. The Balaban J connectivity index is 0.00000341. The quantitative estimate of drug-likeness (QED) is 0.158. The van der Waals surface area contributed by atoms with Crippen LogP contribution in [0, 0.1) is 17.8 Å². The molecule has 0 amide bonds. The normalized spacial score (nSPS) is 43.0. The molecule has 0 bridgehead atoms. The molecule has 0 spiro atoms. The number of aliphatic carboxylic acids is 1. The molecule has 1 heterocycles. The van der Waals surface area contributed by atoms with Gasteiger partial charge in [0.25, 0.3) is 0 Å². The molecular weight excluding hydrogens is 419 g/mol. The van der Waals surface area contributed by atoms with Gasteiger partial charge < -0.3 is 44.9 Å². The zero-order chi connectivity index (χ0) is 22.3. The van der Waals surface area contributed by atoms with E-state index < -0.39 is 61.4 Å². The number of carboxylic acid groups (broad SMARTS) is 1. The van der Waals surface area contributed by atoms with Crippen LogP contribution in [-0.4, -0.2) is 81.0 Å². The summed E-state index contributed by atoms with van der Waals surface area (Å²) in [5, 5.41) is 61.2. The van der Waals surface area contributed by atoms with Gasteiger partial charge in [0, 0.05) is 5.92 Å². The molecule has 0 aromatic heterocycles. The van der Waals surface area contributed by atoms with E-state index in [-0.39, 0.29) is 59.8 Å². The molecule has 0 unspecified atom stereocenters. The van der Waals surface area contributed by atoms with Crippen LogP contribution in [0.3, 0.4) is 0 Å². The number of aliphatic hydroxyl groups excluding tert-OH is 5. The first kappa shape index (κ1) is 26.7. The molecule has 168 valence electrons. The monoisotopic (exact) mass is 448 g/mol. The van der Waals surface area contributed by atoms with Crippen molar-refractivity contribution in [3.8, 4) is 0 Å². The van der Waals surface area contributed by atoms with Crippen LogP contribution in [0.2, 0.25) is 0 Å². The van der Waals surface area contributed by atoms with Gasteiger partial charge in [-0.25, -0.2) is 0 Å². The summed E-state index contributed by atoms with van der Waals surface area (Å²) in [6.07, 6.45) is -7.57. The number of rotatable bonds is 5. The molecule has 31 heavy (non-hydrogen) atoms. The van der Waals surface area contributed by atoms with E-state index >= 15 is 0 Å². The van der Waals surface area contributed by atoms with Gasteiger partial charge in [-0.3, -0.25) is 0 Å². The van der Waals surface area contributed by atoms with Crippen LogP contribution in [0.15, 0.2) is 36.5 Å². The predicted molar refractivity (Wildman–Crippen MR) is 101 cm³/mol. The summed E-state index contributed by atoms with van der Waals surface area (Å²) >= 11 is 0. The summed E-state index contributed by atoms with van der Waals surface area (Å²) in [5.74, 6) is -2.49. The summed E-state index contributed by atoms with van der Waals surface area (Å²) in [6, 6.07) is 0. The summed E-state index contributed by atoms with van der Waals surface area (Å²) < 4.78 is 11.3. The van der Waals surface area contributed by atoms with E-state index in [4.69, 9.17) is 9.47 Å². The largest absolute Gasteiger partial charge is 1.00 e. The Hall–Kier alpha value is -0.590. The van der Waals surface area contributed by atoms with Crippen molar-refractivity contribution in [3.05, 3.63) is 36.5 Å². The van der Waals surface area contributed by atoms with Crippen molar-refractivity contribution < 1.29 is 74.5 Å². The average Bonchev–Trinajstić information content (AvgIpc) is 2.94. The molecule has 2 saturated carbocycles. The molecule has 3 fully saturated rings. The van der Waals surface area contributed by atoms with E-state index in [1.54, 1.807) is 0 Å². The Morgan fingerprint density at radius 3 is 2.32 bits per heavy atom. The molecule has 0 radical (unpaired) electrons. The van der Waals surface area contributed by atoms with E-state index in [1.165, 1.54) is 0 Å². The molecular formula is C21H29NaO9. The van der Waals surface area contributed by atoms with E-state index in [0.717, 1.165) is 5.57 Å². The number of carbonyl (C=O) groups is 1. The van der Waals surface area contributed by atoms with Crippen molar-refractivity contribution in [2.45, 2.75) is 62.2 Å². The summed E-state index contributed by atoms with van der Waals surface area (Å²) in [5.41, 5.74) is 1.19. The van der Waals surface area contributed by atoms with Crippen molar-refractivity contribution >= 4 is 5.97 Å². The van der Waals surface area contributed by atoms with Gasteiger partial charge in [-0.05, 0) is 42.2 Å². The van der Waals surface area contributed by atoms with Crippen LogP contribution in [0.1, 0.15) is 19.3 Å². The standard InChI is InChI=1S/C21H30O9.Na/c1-8-4-14(23)13(10(3)20(27)28)5-12-9(2)15(6-11(8)12)29-21-19(26)18(25)17(24)16(7-22)30-21;/h11-19,21-26H,1-7H2,(H,27,28);/q;+1/p-1/t11-,12-,13+,14-,15-,16+,17+,18-,19+,21+;/m0./s1. The Morgan fingerprint density at radius 1 is 1.10 bits per heavy atom. The average molecular weight is 448 g/mol. The van der Waals surface area contributed by atoms with Gasteiger partial charge >= 0.3 is 29.6 Å². The van der Waals surface area contributed by atoms with Crippen LogP contribution < -0.4 is 34.7 Å². The Bertz CT molecular complexity index is 724. The fraction of sp³-hybridized carbons (Fsp3) is 0.667. The van der Waals surface area contributed by atoms with Gasteiger partial charge in [0.05, 0.1) is 24.8 Å². The van der Waals surface area contributed by atoms with E-state index in [9.17, 15) is 35.4 Å². The van der Waals surface area contributed by atoms with Gasteiger partial charge in [0.2, 0.25) is 0 Å². The maximum atomic E-state index is 11.3. The first-order chi connectivity index (χ1) is 14.1. The number of carboxylic acids is 1. The van der Waals surface area contributed by atoms with Crippen LogP contribution in [0.4, 0.5) is 0 Å². The topological polar surface area (TPSA) is 160 Å². The fourth-order valence-corrected chi connectivity index (χ4v) is 4.81. The van der Waals surface area contributed by atoms with Crippen LogP contribution >= 0.6 is 0 Å². The second-order valence-electron chi connectivity index (χ2n) is 8.43. The fourth-order valence-electron chi connectivity index (χ4n) is 4.81. The number of hydrogen-bond donors (Lipinski definition) is 5. The molecule has 10 atom stereocenters.